The molecule has 1 fully saturated rings. The zero-order chi connectivity index (χ0) is 13.2. The van der Waals surface area contributed by atoms with Gasteiger partial charge < -0.3 is 10.5 Å². The van der Waals surface area contributed by atoms with Crippen molar-refractivity contribution in [1.82, 2.24) is 0 Å². The van der Waals surface area contributed by atoms with E-state index in [4.69, 9.17) is 10.5 Å². The molecule has 1 saturated carbocycles. The quantitative estimate of drug-likeness (QED) is 0.835. The molecule has 0 saturated heterocycles. The van der Waals surface area contributed by atoms with Gasteiger partial charge >= 0.3 is 0 Å². The molecule has 2 aromatic carbocycles. The molecule has 1 aliphatic carbocycles. The second kappa shape index (κ2) is 5.51. The SMILES string of the molecule is NC(c1ccc(I)cc1)c1ccc(OC2CC2)cc1. The van der Waals surface area contributed by atoms with E-state index in [1.165, 1.54) is 16.4 Å². The van der Waals surface area contributed by atoms with Crippen LogP contribution in [0.5, 0.6) is 5.75 Å². The van der Waals surface area contributed by atoms with Crippen LogP contribution in [-0.4, -0.2) is 6.10 Å². The Morgan fingerprint density at radius 3 is 2.00 bits per heavy atom. The molecule has 3 rings (SSSR count). The first kappa shape index (κ1) is 12.9. The van der Waals surface area contributed by atoms with Crippen molar-refractivity contribution < 1.29 is 4.74 Å². The lowest BCUT2D eigenvalue weighted by Gasteiger charge is -2.13. The predicted molar refractivity (Wildman–Crippen MR) is 85.3 cm³/mol. The average molecular weight is 365 g/mol. The Morgan fingerprint density at radius 2 is 1.47 bits per heavy atom. The van der Waals surface area contributed by atoms with E-state index in [2.05, 4.69) is 59.0 Å². The third-order valence-corrected chi connectivity index (χ3v) is 4.01. The predicted octanol–water partition coefficient (Wildman–Crippen LogP) is 3.88. The summed E-state index contributed by atoms with van der Waals surface area (Å²) in [6.45, 7) is 0. The maximum absolute atomic E-state index is 6.29. The number of hydrogen-bond donors (Lipinski definition) is 1. The fourth-order valence-electron chi connectivity index (χ4n) is 1.99. The minimum Gasteiger partial charge on any atom is -0.490 e. The van der Waals surface area contributed by atoms with E-state index in [1.807, 2.05) is 12.1 Å². The Kier molecular flexibility index (Phi) is 3.75. The minimum absolute atomic E-state index is 0.0769. The Bertz CT molecular complexity index is 546. The molecule has 0 amide bonds. The van der Waals surface area contributed by atoms with Crippen molar-refractivity contribution in [3.8, 4) is 5.75 Å². The van der Waals surface area contributed by atoms with Crippen molar-refractivity contribution in [2.24, 2.45) is 5.73 Å². The summed E-state index contributed by atoms with van der Waals surface area (Å²) in [4.78, 5) is 0. The summed E-state index contributed by atoms with van der Waals surface area (Å²) in [7, 11) is 0. The van der Waals surface area contributed by atoms with Crippen molar-refractivity contribution in [2.75, 3.05) is 0 Å². The summed E-state index contributed by atoms with van der Waals surface area (Å²) in [6, 6.07) is 16.4. The zero-order valence-electron chi connectivity index (χ0n) is 10.6. The zero-order valence-corrected chi connectivity index (χ0v) is 12.7. The van der Waals surface area contributed by atoms with Gasteiger partial charge in [-0.05, 0) is 70.8 Å². The Morgan fingerprint density at radius 1 is 0.947 bits per heavy atom. The molecule has 2 N–H and O–H groups in total. The lowest BCUT2D eigenvalue weighted by molar-refractivity contribution is 0.303. The van der Waals surface area contributed by atoms with Crippen molar-refractivity contribution in [3.05, 3.63) is 63.2 Å². The van der Waals surface area contributed by atoms with Crippen LogP contribution >= 0.6 is 22.6 Å². The molecule has 3 heteroatoms. The summed E-state index contributed by atoms with van der Waals surface area (Å²) in [6.07, 6.45) is 2.81. The van der Waals surface area contributed by atoms with Gasteiger partial charge in [-0.2, -0.15) is 0 Å². The summed E-state index contributed by atoms with van der Waals surface area (Å²) in [5, 5.41) is 0. The molecular formula is C16H16INO. The van der Waals surface area contributed by atoms with E-state index in [0.717, 1.165) is 16.9 Å². The van der Waals surface area contributed by atoms with Crippen LogP contribution in [0.2, 0.25) is 0 Å². The number of ether oxygens (including phenoxy) is 1. The highest BCUT2D eigenvalue weighted by atomic mass is 127. The van der Waals surface area contributed by atoms with Crippen LogP contribution < -0.4 is 10.5 Å². The highest BCUT2D eigenvalue weighted by molar-refractivity contribution is 14.1. The van der Waals surface area contributed by atoms with E-state index in [9.17, 15) is 0 Å². The van der Waals surface area contributed by atoms with Gasteiger partial charge in [0.25, 0.3) is 0 Å². The number of halogens is 1. The number of benzene rings is 2. The first-order valence-electron chi connectivity index (χ1n) is 6.50. The van der Waals surface area contributed by atoms with Gasteiger partial charge in [-0.25, -0.2) is 0 Å². The Hall–Kier alpha value is -1.07. The lowest BCUT2D eigenvalue weighted by Crippen LogP contribution is -2.11. The monoisotopic (exact) mass is 365 g/mol. The fraction of sp³-hybridized carbons (Fsp3) is 0.250. The van der Waals surface area contributed by atoms with Crippen LogP contribution in [0.15, 0.2) is 48.5 Å². The smallest absolute Gasteiger partial charge is 0.119 e. The molecule has 0 heterocycles. The molecule has 1 atom stereocenters. The third-order valence-electron chi connectivity index (χ3n) is 3.30. The van der Waals surface area contributed by atoms with E-state index in [0.29, 0.717) is 6.10 Å². The summed E-state index contributed by atoms with van der Waals surface area (Å²) < 4.78 is 6.96. The Labute approximate surface area is 127 Å². The van der Waals surface area contributed by atoms with Gasteiger partial charge in [-0.15, -0.1) is 0 Å². The number of hydrogen-bond acceptors (Lipinski definition) is 2. The molecule has 2 aromatic rings. The molecule has 0 aliphatic heterocycles. The number of rotatable bonds is 4. The molecule has 0 radical (unpaired) electrons. The molecular weight excluding hydrogens is 349 g/mol. The van der Waals surface area contributed by atoms with Gasteiger partial charge in [0.15, 0.2) is 0 Å². The van der Waals surface area contributed by atoms with Crippen molar-refractivity contribution in [1.29, 1.82) is 0 Å². The van der Waals surface area contributed by atoms with Gasteiger partial charge in [-0.3, -0.25) is 0 Å². The topological polar surface area (TPSA) is 35.2 Å². The molecule has 1 unspecified atom stereocenters. The molecule has 0 bridgehead atoms. The van der Waals surface area contributed by atoms with Crippen LogP contribution in [0, 0.1) is 3.57 Å². The van der Waals surface area contributed by atoms with Crippen LogP contribution in [0.1, 0.15) is 30.0 Å². The Balaban J connectivity index is 1.75. The second-order valence-electron chi connectivity index (χ2n) is 4.92. The van der Waals surface area contributed by atoms with Crippen molar-refractivity contribution >= 4 is 22.6 Å². The molecule has 19 heavy (non-hydrogen) atoms. The fourth-order valence-corrected chi connectivity index (χ4v) is 2.35. The van der Waals surface area contributed by atoms with Crippen LogP contribution in [0.3, 0.4) is 0 Å². The minimum atomic E-state index is -0.0769. The van der Waals surface area contributed by atoms with Crippen LogP contribution in [0.4, 0.5) is 0 Å². The maximum atomic E-state index is 6.29. The average Bonchev–Trinajstić information content (AvgIpc) is 3.24. The van der Waals surface area contributed by atoms with Gasteiger partial charge in [0.1, 0.15) is 5.75 Å². The van der Waals surface area contributed by atoms with E-state index in [1.54, 1.807) is 0 Å². The summed E-state index contributed by atoms with van der Waals surface area (Å²) >= 11 is 2.30. The molecule has 0 spiro atoms. The molecule has 1 aliphatic rings. The van der Waals surface area contributed by atoms with Crippen LogP contribution in [0.25, 0.3) is 0 Å². The standard InChI is InChI=1S/C16H16INO/c17-13-5-1-11(2-6-13)16(18)12-3-7-14(8-4-12)19-15-9-10-15/h1-8,15-16H,9-10,18H2. The third kappa shape index (κ3) is 3.28. The normalized spacial score (nSPS) is 16.1. The highest BCUT2D eigenvalue weighted by Crippen LogP contribution is 2.28. The van der Waals surface area contributed by atoms with Gasteiger partial charge in [0.2, 0.25) is 0 Å². The first-order valence-corrected chi connectivity index (χ1v) is 7.58. The number of nitrogens with two attached hydrogens (primary N) is 1. The van der Waals surface area contributed by atoms with E-state index in [-0.39, 0.29) is 6.04 Å². The van der Waals surface area contributed by atoms with Crippen molar-refractivity contribution in [2.45, 2.75) is 25.0 Å². The summed E-state index contributed by atoms with van der Waals surface area (Å²) in [5.41, 5.74) is 8.54. The van der Waals surface area contributed by atoms with Gasteiger partial charge in [0.05, 0.1) is 12.1 Å². The van der Waals surface area contributed by atoms with Crippen LogP contribution in [-0.2, 0) is 0 Å². The summed E-state index contributed by atoms with van der Waals surface area (Å²) in [5.74, 6) is 0.945. The first-order chi connectivity index (χ1) is 9.22. The highest BCUT2D eigenvalue weighted by Gasteiger charge is 2.23. The largest absolute Gasteiger partial charge is 0.490 e. The maximum Gasteiger partial charge on any atom is 0.119 e. The van der Waals surface area contributed by atoms with E-state index < -0.39 is 0 Å². The van der Waals surface area contributed by atoms with Gasteiger partial charge in [-0.1, -0.05) is 24.3 Å². The molecule has 98 valence electrons. The van der Waals surface area contributed by atoms with Gasteiger partial charge in [0, 0.05) is 3.57 Å². The lowest BCUT2D eigenvalue weighted by atomic mass is 10.00. The van der Waals surface area contributed by atoms with E-state index >= 15 is 0 Å². The van der Waals surface area contributed by atoms with Crippen molar-refractivity contribution in [3.63, 3.8) is 0 Å². The molecule has 0 aromatic heterocycles. The molecule has 2 nitrogen and oxygen atoms in total. The second-order valence-corrected chi connectivity index (χ2v) is 6.16.